The predicted molar refractivity (Wildman–Crippen MR) is 59.2 cm³/mol. The second kappa shape index (κ2) is 6.18. The Balaban J connectivity index is 2.35. The quantitative estimate of drug-likeness (QED) is 0.521. The van der Waals surface area contributed by atoms with E-state index in [1.807, 2.05) is 0 Å². The van der Waals surface area contributed by atoms with Crippen molar-refractivity contribution in [3.63, 3.8) is 0 Å². The third kappa shape index (κ3) is 4.08. The van der Waals surface area contributed by atoms with E-state index in [4.69, 9.17) is 5.11 Å². The summed E-state index contributed by atoms with van der Waals surface area (Å²) >= 11 is 0. The highest BCUT2D eigenvalue weighted by atomic mass is 16.4. The fraction of sp³-hybridized carbons (Fsp3) is 0.909. The molecule has 16 heavy (non-hydrogen) atoms. The number of carbonyl (C=O) groups is 1. The number of rotatable bonds is 6. The van der Waals surface area contributed by atoms with E-state index in [9.17, 15) is 15.0 Å². The molecule has 1 fully saturated rings. The summed E-state index contributed by atoms with van der Waals surface area (Å²) in [6.07, 6.45) is 3.97. The van der Waals surface area contributed by atoms with Gasteiger partial charge in [0.25, 0.3) is 0 Å². The number of aliphatic hydroxyl groups is 2. The molecule has 0 aromatic carbocycles. The standard InChI is InChI=1S/C11H21NO4/c13-8-11(4-2-1-3-5-11)12-7-9(14)6-10(15)16/h9,12-14H,1-8H2,(H,15,16). The number of carboxylic acid groups (broad SMARTS) is 1. The van der Waals surface area contributed by atoms with E-state index < -0.39 is 12.1 Å². The van der Waals surface area contributed by atoms with Gasteiger partial charge in [-0.05, 0) is 12.8 Å². The monoisotopic (exact) mass is 231 g/mol. The van der Waals surface area contributed by atoms with Gasteiger partial charge < -0.3 is 20.6 Å². The minimum Gasteiger partial charge on any atom is -0.481 e. The van der Waals surface area contributed by atoms with Crippen molar-refractivity contribution in [2.75, 3.05) is 13.2 Å². The Morgan fingerprint density at radius 2 is 1.94 bits per heavy atom. The first-order valence-corrected chi connectivity index (χ1v) is 5.84. The van der Waals surface area contributed by atoms with Crippen molar-refractivity contribution >= 4 is 5.97 Å². The molecule has 0 amide bonds. The maximum absolute atomic E-state index is 10.4. The van der Waals surface area contributed by atoms with Crippen LogP contribution < -0.4 is 5.32 Å². The third-order valence-electron chi connectivity index (χ3n) is 3.24. The summed E-state index contributed by atoms with van der Waals surface area (Å²) in [5, 5.41) is 30.4. The Kier molecular flexibility index (Phi) is 5.18. The molecule has 1 rings (SSSR count). The molecule has 0 spiro atoms. The highest BCUT2D eigenvalue weighted by Gasteiger charge is 2.31. The summed E-state index contributed by atoms with van der Waals surface area (Å²) in [7, 11) is 0. The van der Waals surface area contributed by atoms with Crippen molar-refractivity contribution in [2.24, 2.45) is 0 Å². The van der Waals surface area contributed by atoms with Crippen molar-refractivity contribution < 1.29 is 20.1 Å². The van der Waals surface area contributed by atoms with Crippen LogP contribution in [0.3, 0.4) is 0 Å². The summed E-state index contributed by atoms with van der Waals surface area (Å²) in [6, 6.07) is 0. The molecule has 0 saturated heterocycles. The van der Waals surface area contributed by atoms with Gasteiger partial charge in [-0.25, -0.2) is 0 Å². The molecular weight excluding hydrogens is 210 g/mol. The van der Waals surface area contributed by atoms with E-state index in [2.05, 4.69) is 5.32 Å². The number of nitrogens with one attached hydrogen (secondary N) is 1. The molecule has 5 nitrogen and oxygen atoms in total. The number of hydrogen-bond acceptors (Lipinski definition) is 4. The van der Waals surface area contributed by atoms with Crippen molar-refractivity contribution in [3.8, 4) is 0 Å². The summed E-state index contributed by atoms with van der Waals surface area (Å²) in [6.45, 7) is 0.277. The van der Waals surface area contributed by atoms with Crippen LogP contribution in [0.25, 0.3) is 0 Å². The van der Waals surface area contributed by atoms with Crippen LogP contribution in [0.2, 0.25) is 0 Å². The highest BCUT2D eigenvalue weighted by Crippen LogP contribution is 2.27. The fourth-order valence-electron chi connectivity index (χ4n) is 2.23. The van der Waals surface area contributed by atoms with Crippen molar-refractivity contribution in [1.82, 2.24) is 5.32 Å². The van der Waals surface area contributed by atoms with E-state index in [0.29, 0.717) is 0 Å². The van der Waals surface area contributed by atoms with E-state index in [0.717, 1.165) is 25.7 Å². The van der Waals surface area contributed by atoms with Crippen molar-refractivity contribution in [3.05, 3.63) is 0 Å². The van der Waals surface area contributed by atoms with Gasteiger partial charge in [0.15, 0.2) is 0 Å². The van der Waals surface area contributed by atoms with Gasteiger partial charge in [0.1, 0.15) is 0 Å². The van der Waals surface area contributed by atoms with E-state index in [1.165, 1.54) is 6.42 Å². The molecule has 0 radical (unpaired) electrons. The molecular formula is C11H21NO4. The van der Waals surface area contributed by atoms with Gasteiger partial charge in [-0.15, -0.1) is 0 Å². The zero-order valence-electron chi connectivity index (χ0n) is 9.48. The first-order valence-electron chi connectivity index (χ1n) is 5.84. The predicted octanol–water partition coefficient (Wildman–Crippen LogP) is 0.107. The lowest BCUT2D eigenvalue weighted by atomic mass is 9.82. The number of aliphatic carboxylic acids is 1. The van der Waals surface area contributed by atoms with Gasteiger partial charge in [0.2, 0.25) is 0 Å². The molecule has 1 unspecified atom stereocenters. The van der Waals surface area contributed by atoms with Crippen molar-refractivity contribution in [1.29, 1.82) is 0 Å². The summed E-state index contributed by atoms with van der Waals surface area (Å²) in [5.74, 6) is -1.00. The fourth-order valence-corrected chi connectivity index (χ4v) is 2.23. The van der Waals surface area contributed by atoms with Crippen LogP contribution in [0.5, 0.6) is 0 Å². The Hall–Kier alpha value is -0.650. The molecule has 0 aromatic rings. The van der Waals surface area contributed by atoms with Crippen LogP contribution in [0.4, 0.5) is 0 Å². The lowest BCUT2D eigenvalue weighted by molar-refractivity contribution is -0.139. The first-order chi connectivity index (χ1) is 7.58. The Labute approximate surface area is 95.5 Å². The molecule has 4 N–H and O–H groups in total. The smallest absolute Gasteiger partial charge is 0.306 e. The number of aliphatic hydroxyl groups excluding tert-OH is 2. The molecule has 1 aliphatic rings. The molecule has 1 saturated carbocycles. The third-order valence-corrected chi connectivity index (χ3v) is 3.24. The average molecular weight is 231 g/mol. The molecule has 1 atom stereocenters. The Morgan fingerprint density at radius 3 is 2.44 bits per heavy atom. The molecule has 1 aliphatic carbocycles. The second-order valence-electron chi connectivity index (χ2n) is 4.63. The normalized spacial score (nSPS) is 21.6. The van der Waals surface area contributed by atoms with Crippen LogP contribution in [-0.2, 0) is 4.79 Å². The number of hydrogen-bond donors (Lipinski definition) is 4. The summed E-state index contributed by atoms with van der Waals surface area (Å²) < 4.78 is 0. The minimum atomic E-state index is -1.00. The van der Waals surface area contributed by atoms with Crippen LogP contribution >= 0.6 is 0 Å². The van der Waals surface area contributed by atoms with Gasteiger partial charge in [0.05, 0.1) is 19.1 Å². The number of β-amino-alcohol motifs (C(OH)–C–C–N with tert-alkyl or cyclic N) is 1. The lowest BCUT2D eigenvalue weighted by Gasteiger charge is -2.37. The van der Waals surface area contributed by atoms with Gasteiger partial charge in [-0.1, -0.05) is 19.3 Å². The van der Waals surface area contributed by atoms with Crippen LogP contribution in [0, 0.1) is 0 Å². The maximum atomic E-state index is 10.4. The van der Waals surface area contributed by atoms with E-state index >= 15 is 0 Å². The SMILES string of the molecule is O=C(O)CC(O)CNC1(CO)CCCCC1. The van der Waals surface area contributed by atoms with Gasteiger partial charge in [0, 0.05) is 12.1 Å². The van der Waals surface area contributed by atoms with Crippen LogP contribution in [-0.4, -0.2) is 46.1 Å². The van der Waals surface area contributed by atoms with Gasteiger partial charge >= 0.3 is 5.97 Å². The second-order valence-corrected chi connectivity index (χ2v) is 4.63. The average Bonchev–Trinajstić information content (AvgIpc) is 2.27. The van der Waals surface area contributed by atoms with E-state index in [1.54, 1.807) is 0 Å². The lowest BCUT2D eigenvalue weighted by Crippen LogP contribution is -2.52. The summed E-state index contributed by atoms with van der Waals surface area (Å²) in [4.78, 5) is 10.4. The first kappa shape index (κ1) is 13.4. The molecule has 0 bridgehead atoms. The molecule has 0 heterocycles. The minimum absolute atomic E-state index is 0.0484. The van der Waals surface area contributed by atoms with E-state index in [-0.39, 0.29) is 25.1 Å². The molecule has 0 aromatic heterocycles. The molecule has 94 valence electrons. The zero-order chi connectivity index (χ0) is 12.0. The van der Waals surface area contributed by atoms with Crippen molar-refractivity contribution in [2.45, 2.75) is 50.2 Å². The highest BCUT2D eigenvalue weighted by molar-refractivity contribution is 5.67. The molecule has 5 heteroatoms. The van der Waals surface area contributed by atoms with Gasteiger partial charge in [-0.3, -0.25) is 4.79 Å². The topological polar surface area (TPSA) is 89.8 Å². The summed E-state index contributed by atoms with van der Waals surface area (Å²) in [5.41, 5.74) is -0.308. The maximum Gasteiger partial charge on any atom is 0.306 e. The van der Waals surface area contributed by atoms with Crippen LogP contribution in [0.15, 0.2) is 0 Å². The zero-order valence-corrected chi connectivity index (χ0v) is 9.48. The Morgan fingerprint density at radius 1 is 1.31 bits per heavy atom. The number of carboxylic acids is 1. The van der Waals surface area contributed by atoms with Crippen LogP contribution in [0.1, 0.15) is 38.5 Å². The Bertz CT molecular complexity index is 226. The largest absolute Gasteiger partial charge is 0.481 e. The van der Waals surface area contributed by atoms with Gasteiger partial charge in [-0.2, -0.15) is 0 Å². The molecule has 0 aliphatic heterocycles.